The Bertz CT molecular complexity index is 176. The van der Waals surface area contributed by atoms with Crippen LogP contribution in [-0.2, 0) is 8.85 Å². The van der Waals surface area contributed by atoms with Gasteiger partial charge in [-0.1, -0.05) is 41.5 Å². The molecule has 0 amide bonds. The highest BCUT2D eigenvalue weighted by molar-refractivity contribution is 6.74. The van der Waals surface area contributed by atoms with E-state index in [0.717, 1.165) is 19.6 Å². The zero-order valence-electron chi connectivity index (χ0n) is 14.2. The summed E-state index contributed by atoms with van der Waals surface area (Å²) in [6.07, 6.45) is 1.07. The Morgan fingerprint density at radius 3 is 1.00 bits per heavy atom. The van der Waals surface area contributed by atoms with E-state index in [1.165, 1.54) is 36.3 Å². The molecular weight excluding hydrogens is 268 g/mol. The standard InChI is InChI=1S/C15H36O2Si2/c1-7-18(8-2,9-3)16-14-13-15-17-19(10-4,11-5)12-6/h7-15H2,1-6H3. The Morgan fingerprint density at radius 1 is 0.526 bits per heavy atom. The van der Waals surface area contributed by atoms with Crippen LogP contribution in [0.3, 0.4) is 0 Å². The van der Waals surface area contributed by atoms with E-state index in [0.29, 0.717) is 0 Å². The average molecular weight is 305 g/mol. The minimum absolute atomic E-state index is 0.906. The number of hydrogen-bond donors (Lipinski definition) is 0. The van der Waals surface area contributed by atoms with Gasteiger partial charge >= 0.3 is 0 Å². The summed E-state index contributed by atoms with van der Waals surface area (Å²) in [5.74, 6) is 0. The van der Waals surface area contributed by atoms with Gasteiger partial charge in [0.15, 0.2) is 16.6 Å². The smallest absolute Gasteiger partial charge is 0.191 e. The number of rotatable bonds is 12. The minimum atomic E-state index is -1.38. The van der Waals surface area contributed by atoms with Crippen molar-refractivity contribution in [3.05, 3.63) is 0 Å². The van der Waals surface area contributed by atoms with Crippen molar-refractivity contribution in [2.45, 2.75) is 84.2 Å². The maximum absolute atomic E-state index is 6.27. The van der Waals surface area contributed by atoms with Crippen LogP contribution in [0, 0.1) is 0 Å². The van der Waals surface area contributed by atoms with Crippen molar-refractivity contribution in [3.8, 4) is 0 Å². The summed E-state index contributed by atoms with van der Waals surface area (Å²) in [7, 11) is -2.76. The van der Waals surface area contributed by atoms with E-state index in [1.807, 2.05) is 0 Å². The van der Waals surface area contributed by atoms with E-state index < -0.39 is 16.6 Å². The summed E-state index contributed by atoms with van der Waals surface area (Å²) in [6.45, 7) is 15.6. The van der Waals surface area contributed by atoms with E-state index in [-0.39, 0.29) is 0 Å². The monoisotopic (exact) mass is 304 g/mol. The van der Waals surface area contributed by atoms with Crippen LogP contribution in [0.25, 0.3) is 0 Å². The van der Waals surface area contributed by atoms with Gasteiger partial charge in [0.05, 0.1) is 0 Å². The topological polar surface area (TPSA) is 18.5 Å². The van der Waals surface area contributed by atoms with E-state index in [2.05, 4.69) is 41.5 Å². The van der Waals surface area contributed by atoms with Gasteiger partial charge in [0.1, 0.15) is 0 Å². The Labute approximate surface area is 123 Å². The molecule has 0 atom stereocenters. The zero-order valence-corrected chi connectivity index (χ0v) is 16.2. The molecule has 4 heteroatoms. The molecule has 0 N–H and O–H groups in total. The van der Waals surface area contributed by atoms with E-state index in [9.17, 15) is 0 Å². The molecule has 0 fully saturated rings. The van der Waals surface area contributed by atoms with Crippen LogP contribution in [0.15, 0.2) is 0 Å². The predicted octanol–water partition coefficient (Wildman–Crippen LogP) is 5.42. The van der Waals surface area contributed by atoms with Gasteiger partial charge in [-0.3, -0.25) is 0 Å². The second-order valence-corrected chi connectivity index (χ2v) is 15.1. The third-order valence-corrected chi connectivity index (χ3v) is 14.3. The fraction of sp³-hybridized carbons (Fsp3) is 1.00. The fourth-order valence-electron chi connectivity index (χ4n) is 2.75. The van der Waals surface area contributed by atoms with E-state index in [4.69, 9.17) is 8.85 Å². The molecule has 0 aliphatic rings. The minimum Gasteiger partial charge on any atom is -0.417 e. The lowest BCUT2D eigenvalue weighted by atomic mass is 10.5. The molecule has 0 aromatic carbocycles. The summed E-state index contributed by atoms with van der Waals surface area (Å²) >= 11 is 0. The number of hydrogen-bond acceptors (Lipinski definition) is 2. The molecule has 0 spiro atoms. The van der Waals surface area contributed by atoms with Crippen molar-refractivity contribution in [3.63, 3.8) is 0 Å². The molecule has 19 heavy (non-hydrogen) atoms. The molecule has 0 aliphatic carbocycles. The fourth-order valence-corrected chi connectivity index (χ4v) is 8.13. The maximum atomic E-state index is 6.27. The average Bonchev–Trinajstić information content (AvgIpc) is 2.48. The molecule has 116 valence electrons. The van der Waals surface area contributed by atoms with Gasteiger partial charge < -0.3 is 8.85 Å². The van der Waals surface area contributed by atoms with E-state index >= 15 is 0 Å². The summed E-state index contributed by atoms with van der Waals surface area (Å²) in [6, 6.07) is 7.49. The predicted molar refractivity (Wildman–Crippen MR) is 90.9 cm³/mol. The molecule has 0 bridgehead atoms. The molecule has 0 saturated heterocycles. The van der Waals surface area contributed by atoms with Crippen molar-refractivity contribution in [2.75, 3.05) is 13.2 Å². The first kappa shape index (κ1) is 19.4. The van der Waals surface area contributed by atoms with Crippen LogP contribution >= 0.6 is 0 Å². The first-order valence-corrected chi connectivity index (χ1v) is 13.4. The normalized spacial score (nSPS) is 12.9. The second kappa shape index (κ2) is 10.1. The van der Waals surface area contributed by atoms with Gasteiger partial charge in [-0.05, 0) is 42.7 Å². The lowest BCUT2D eigenvalue weighted by Gasteiger charge is -2.30. The molecule has 0 aromatic heterocycles. The Morgan fingerprint density at radius 2 is 0.789 bits per heavy atom. The van der Waals surface area contributed by atoms with Gasteiger partial charge in [0.25, 0.3) is 0 Å². The van der Waals surface area contributed by atoms with Gasteiger partial charge in [0, 0.05) is 13.2 Å². The van der Waals surface area contributed by atoms with Crippen LogP contribution in [-0.4, -0.2) is 29.8 Å². The summed E-state index contributed by atoms with van der Waals surface area (Å²) in [5.41, 5.74) is 0. The molecule has 0 saturated carbocycles. The summed E-state index contributed by atoms with van der Waals surface area (Å²) in [4.78, 5) is 0. The SMILES string of the molecule is CC[Si](CC)(CC)OCCCO[Si](CC)(CC)CC. The molecule has 0 heterocycles. The van der Waals surface area contributed by atoms with Crippen molar-refractivity contribution in [2.24, 2.45) is 0 Å². The van der Waals surface area contributed by atoms with Crippen molar-refractivity contribution in [1.82, 2.24) is 0 Å². The largest absolute Gasteiger partial charge is 0.417 e. The lowest BCUT2D eigenvalue weighted by molar-refractivity contribution is 0.230. The Kier molecular flexibility index (Phi) is 10.3. The highest BCUT2D eigenvalue weighted by atomic mass is 28.4. The summed E-state index contributed by atoms with van der Waals surface area (Å²) in [5, 5.41) is 0. The molecule has 0 aromatic rings. The van der Waals surface area contributed by atoms with Crippen LogP contribution < -0.4 is 0 Å². The Balaban J connectivity index is 3.98. The van der Waals surface area contributed by atoms with Gasteiger partial charge in [-0.15, -0.1) is 0 Å². The molecule has 0 unspecified atom stereocenters. The van der Waals surface area contributed by atoms with Gasteiger partial charge in [0.2, 0.25) is 0 Å². The maximum Gasteiger partial charge on any atom is 0.191 e. The molecule has 0 radical (unpaired) electrons. The molecule has 2 nitrogen and oxygen atoms in total. The van der Waals surface area contributed by atoms with Crippen molar-refractivity contribution >= 4 is 16.6 Å². The second-order valence-electron chi connectivity index (χ2n) is 5.54. The zero-order chi connectivity index (χ0) is 14.8. The highest BCUT2D eigenvalue weighted by Gasteiger charge is 2.29. The van der Waals surface area contributed by atoms with Crippen LogP contribution in [0.2, 0.25) is 36.3 Å². The van der Waals surface area contributed by atoms with Crippen LogP contribution in [0.4, 0.5) is 0 Å². The quantitative estimate of drug-likeness (QED) is 0.354. The lowest BCUT2D eigenvalue weighted by Crippen LogP contribution is -2.38. The van der Waals surface area contributed by atoms with Gasteiger partial charge in [-0.2, -0.15) is 0 Å². The molecular formula is C15H36O2Si2. The van der Waals surface area contributed by atoms with Crippen LogP contribution in [0.5, 0.6) is 0 Å². The first-order valence-electron chi connectivity index (χ1n) is 8.35. The highest BCUT2D eigenvalue weighted by Crippen LogP contribution is 2.23. The molecule has 0 rings (SSSR count). The molecule has 0 aliphatic heterocycles. The van der Waals surface area contributed by atoms with Crippen molar-refractivity contribution in [1.29, 1.82) is 0 Å². The Hall–Kier alpha value is 0.354. The van der Waals surface area contributed by atoms with Crippen LogP contribution in [0.1, 0.15) is 48.0 Å². The first-order chi connectivity index (χ1) is 9.07. The van der Waals surface area contributed by atoms with Gasteiger partial charge in [-0.25, -0.2) is 0 Å². The third kappa shape index (κ3) is 6.11. The van der Waals surface area contributed by atoms with E-state index in [1.54, 1.807) is 0 Å². The third-order valence-electron chi connectivity index (χ3n) is 4.97. The van der Waals surface area contributed by atoms with Crippen molar-refractivity contribution < 1.29 is 8.85 Å². The summed E-state index contributed by atoms with van der Waals surface area (Å²) < 4.78 is 12.5.